The second-order valence-electron chi connectivity index (χ2n) is 7.84. The van der Waals surface area contributed by atoms with Gasteiger partial charge in [-0.25, -0.2) is 14.2 Å². The Morgan fingerprint density at radius 1 is 1.19 bits per heavy atom. The Kier molecular flexibility index (Phi) is 6.95. The molecule has 3 aliphatic heterocycles. The Labute approximate surface area is 190 Å². The molecule has 1 atom stereocenters. The first kappa shape index (κ1) is 22.5. The molecule has 0 saturated carbocycles. The first-order chi connectivity index (χ1) is 15.5. The lowest BCUT2D eigenvalue weighted by atomic mass is 9.94. The highest BCUT2D eigenvalue weighted by Gasteiger charge is 2.41. The number of allylic oxidation sites excluding steroid dienone is 1. The average Bonchev–Trinajstić information content (AvgIpc) is 3.44. The van der Waals surface area contributed by atoms with Crippen LogP contribution in [0.5, 0.6) is 0 Å². The fourth-order valence-electron chi connectivity index (χ4n) is 4.12. The summed E-state index contributed by atoms with van der Waals surface area (Å²) in [7, 11) is 1.53. The monoisotopic (exact) mass is 459 g/mol. The van der Waals surface area contributed by atoms with Crippen molar-refractivity contribution in [2.24, 2.45) is 4.99 Å². The van der Waals surface area contributed by atoms with Crippen molar-refractivity contribution < 1.29 is 23.5 Å². The molecule has 1 saturated heterocycles. The number of carbonyl (C=O) groups is 2. The van der Waals surface area contributed by atoms with E-state index in [0.717, 1.165) is 37.2 Å². The number of methoxy groups -OCH3 is 1. The quantitative estimate of drug-likeness (QED) is 0.458. The van der Waals surface area contributed by atoms with Gasteiger partial charge in [0.15, 0.2) is 5.17 Å². The molecule has 32 heavy (non-hydrogen) atoms. The van der Waals surface area contributed by atoms with Crippen molar-refractivity contribution in [3.05, 3.63) is 58.0 Å². The number of likely N-dealkylation sites (tertiary alicyclic amines) is 1. The van der Waals surface area contributed by atoms with Crippen LogP contribution in [-0.2, 0) is 19.1 Å². The van der Waals surface area contributed by atoms with Crippen LogP contribution in [0.15, 0.2) is 51.6 Å². The van der Waals surface area contributed by atoms with Crippen molar-refractivity contribution in [2.75, 3.05) is 33.4 Å². The molecular formula is C23H26FN3O4S. The van der Waals surface area contributed by atoms with E-state index in [2.05, 4.69) is 4.99 Å². The highest BCUT2D eigenvalue weighted by atomic mass is 32.2. The number of thioether (sulfide) groups is 1. The second-order valence-corrected chi connectivity index (χ2v) is 8.67. The van der Waals surface area contributed by atoms with Crippen molar-refractivity contribution in [3.63, 3.8) is 0 Å². The number of benzene rings is 1. The molecule has 170 valence electrons. The van der Waals surface area contributed by atoms with Crippen LogP contribution in [0.1, 0.15) is 37.8 Å². The number of amidine groups is 1. The molecule has 0 radical (unpaired) electrons. The highest BCUT2D eigenvalue weighted by molar-refractivity contribution is 8.16. The van der Waals surface area contributed by atoms with Crippen LogP contribution in [0.2, 0.25) is 0 Å². The van der Waals surface area contributed by atoms with Gasteiger partial charge in [-0.3, -0.25) is 4.79 Å². The third-order valence-electron chi connectivity index (χ3n) is 5.72. The van der Waals surface area contributed by atoms with Crippen LogP contribution in [-0.4, -0.2) is 60.3 Å². The number of aliphatic imine (C=N–C) groups is 1. The van der Waals surface area contributed by atoms with Crippen LogP contribution in [0.25, 0.3) is 0 Å². The number of halogens is 1. The normalized spacial score (nSPS) is 20.3. The van der Waals surface area contributed by atoms with Gasteiger partial charge in [-0.15, -0.1) is 0 Å². The van der Waals surface area contributed by atoms with Gasteiger partial charge in [0.1, 0.15) is 12.4 Å². The molecule has 0 bridgehead atoms. The van der Waals surface area contributed by atoms with Crippen molar-refractivity contribution in [2.45, 2.75) is 32.2 Å². The van der Waals surface area contributed by atoms with E-state index in [4.69, 9.17) is 9.47 Å². The summed E-state index contributed by atoms with van der Waals surface area (Å²) in [5.41, 5.74) is 2.41. The van der Waals surface area contributed by atoms with E-state index < -0.39 is 12.0 Å². The van der Waals surface area contributed by atoms with Gasteiger partial charge in [0.05, 0.1) is 30.3 Å². The predicted molar refractivity (Wildman–Crippen MR) is 120 cm³/mol. The zero-order valence-electron chi connectivity index (χ0n) is 18.2. The standard InChI is InChI=1S/C23H26FN3O4S/c1-15-20(22(29)31-12-11-30-2)21(16-5-7-17(24)8-6-16)27-18(14-32-23(27)25-15)13-19(28)26-9-3-4-10-26/h5-8,14,21H,3-4,9-13H2,1-2H3. The maximum atomic E-state index is 13.7. The maximum absolute atomic E-state index is 13.7. The Hall–Kier alpha value is -2.65. The lowest BCUT2D eigenvalue weighted by Crippen LogP contribution is -2.38. The molecule has 3 aliphatic rings. The lowest BCUT2D eigenvalue weighted by Gasteiger charge is -2.36. The van der Waals surface area contributed by atoms with Gasteiger partial charge in [0.2, 0.25) is 5.91 Å². The predicted octanol–water partition coefficient (Wildman–Crippen LogP) is 3.60. The number of fused-ring (bicyclic) bond motifs is 1. The van der Waals surface area contributed by atoms with Crippen LogP contribution in [0.3, 0.4) is 0 Å². The van der Waals surface area contributed by atoms with Crippen molar-refractivity contribution >= 4 is 28.8 Å². The summed E-state index contributed by atoms with van der Waals surface area (Å²) in [6.07, 6.45) is 2.26. The molecule has 1 amide bonds. The molecule has 0 aromatic heterocycles. The van der Waals surface area contributed by atoms with Gasteiger partial charge in [0, 0.05) is 25.9 Å². The number of esters is 1. The number of hydrogen-bond acceptors (Lipinski definition) is 7. The van der Waals surface area contributed by atoms with Crippen molar-refractivity contribution in [1.82, 2.24) is 9.80 Å². The Morgan fingerprint density at radius 2 is 1.91 bits per heavy atom. The average molecular weight is 460 g/mol. The van der Waals surface area contributed by atoms with Gasteiger partial charge >= 0.3 is 5.97 Å². The number of amides is 1. The number of carbonyl (C=O) groups excluding carboxylic acids is 2. The first-order valence-corrected chi connectivity index (χ1v) is 11.5. The minimum atomic E-state index is -0.564. The molecule has 0 spiro atoms. The summed E-state index contributed by atoms with van der Waals surface area (Å²) in [6.45, 7) is 3.71. The molecular weight excluding hydrogens is 433 g/mol. The summed E-state index contributed by atoms with van der Waals surface area (Å²) in [5, 5.41) is 2.60. The minimum absolute atomic E-state index is 0.0592. The molecule has 1 aromatic carbocycles. The molecule has 1 fully saturated rings. The lowest BCUT2D eigenvalue weighted by molar-refractivity contribution is -0.141. The summed E-state index contributed by atoms with van der Waals surface area (Å²) in [5.74, 6) is -0.804. The van der Waals surface area contributed by atoms with Gasteiger partial charge in [-0.05, 0) is 42.9 Å². The summed E-state index contributed by atoms with van der Waals surface area (Å²) in [4.78, 5) is 34.3. The zero-order chi connectivity index (χ0) is 22.7. The van der Waals surface area contributed by atoms with Gasteiger partial charge < -0.3 is 19.3 Å². The van der Waals surface area contributed by atoms with Crippen LogP contribution < -0.4 is 0 Å². The van der Waals surface area contributed by atoms with Crippen molar-refractivity contribution in [1.29, 1.82) is 0 Å². The Balaban J connectivity index is 1.67. The smallest absolute Gasteiger partial charge is 0.338 e. The van der Waals surface area contributed by atoms with Gasteiger partial charge in [-0.1, -0.05) is 23.9 Å². The third kappa shape index (κ3) is 4.59. The molecule has 0 N–H and O–H groups in total. The van der Waals surface area contributed by atoms with Crippen molar-refractivity contribution in [3.8, 4) is 0 Å². The maximum Gasteiger partial charge on any atom is 0.338 e. The van der Waals surface area contributed by atoms with Crippen LogP contribution >= 0.6 is 11.8 Å². The summed E-state index contributed by atoms with van der Waals surface area (Å²) in [6, 6.07) is 5.48. The topological polar surface area (TPSA) is 71.4 Å². The fourth-order valence-corrected chi connectivity index (χ4v) is 5.08. The highest BCUT2D eigenvalue weighted by Crippen LogP contribution is 2.45. The van der Waals surface area contributed by atoms with Crippen LogP contribution in [0.4, 0.5) is 4.39 Å². The van der Waals surface area contributed by atoms with E-state index in [0.29, 0.717) is 16.4 Å². The first-order valence-electron chi connectivity index (χ1n) is 10.6. The zero-order valence-corrected chi connectivity index (χ0v) is 19.0. The van der Waals surface area contributed by atoms with E-state index in [-0.39, 0.29) is 31.4 Å². The second kappa shape index (κ2) is 9.87. The number of ether oxygens (including phenoxy) is 2. The van der Waals surface area contributed by atoms with E-state index >= 15 is 0 Å². The fraction of sp³-hybridized carbons (Fsp3) is 0.435. The number of rotatable bonds is 7. The number of nitrogens with zero attached hydrogens (tertiary/aromatic N) is 3. The molecule has 1 aromatic rings. The molecule has 1 unspecified atom stereocenters. The van der Waals surface area contributed by atoms with E-state index in [9.17, 15) is 14.0 Å². The van der Waals surface area contributed by atoms with E-state index in [1.54, 1.807) is 19.1 Å². The molecule has 9 heteroatoms. The molecule has 4 rings (SSSR count). The van der Waals surface area contributed by atoms with Crippen LogP contribution in [0, 0.1) is 5.82 Å². The molecule has 7 nitrogen and oxygen atoms in total. The van der Waals surface area contributed by atoms with Gasteiger partial charge in [-0.2, -0.15) is 0 Å². The van der Waals surface area contributed by atoms with E-state index in [1.807, 2.05) is 15.2 Å². The SMILES string of the molecule is COCCOC(=O)C1=C(C)N=C2SC=C(CC(=O)N3CCCC3)N2C1c1ccc(F)cc1. The largest absolute Gasteiger partial charge is 0.460 e. The van der Waals surface area contributed by atoms with Gasteiger partial charge in [0.25, 0.3) is 0 Å². The Morgan fingerprint density at radius 3 is 2.59 bits per heavy atom. The molecule has 3 heterocycles. The summed E-state index contributed by atoms with van der Waals surface area (Å²) < 4.78 is 24.1. The third-order valence-corrected chi connectivity index (χ3v) is 6.61. The minimum Gasteiger partial charge on any atom is -0.460 e. The Bertz CT molecular complexity index is 983. The van der Waals surface area contributed by atoms with E-state index in [1.165, 1.54) is 31.0 Å². The summed E-state index contributed by atoms with van der Waals surface area (Å²) >= 11 is 1.42. The number of hydrogen-bond donors (Lipinski definition) is 0. The molecule has 0 aliphatic carbocycles.